The van der Waals surface area contributed by atoms with E-state index in [0.29, 0.717) is 12.3 Å². The van der Waals surface area contributed by atoms with Crippen molar-refractivity contribution in [1.82, 2.24) is 0 Å². The Balaban J connectivity index is 2.06. The van der Waals surface area contributed by atoms with Gasteiger partial charge < -0.3 is 15.3 Å². The van der Waals surface area contributed by atoms with E-state index in [9.17, 15) is 15.3 Å². The molecule has 1 saturated carbocycles. The van der Waals surface area contributed by atoms with Crippen molar-refractivity contribution in [3.63, 3.8) is 0 Å². The lowest BCUT2D eigenvalue weighted by molar-refractivity contribution is -0.175. The Bertz CT molecular complexity index is 505. The van der Waals surface area contributed by atoms with Gasteiger partial charge in [0.1, 0.15) is 0 Å². The van der Waals surface area contributed by atoms with Crippen LogP contribution in [0.4, 0.5) is 0 Å². The standard InChI is InChI=1S/C18H28O3/c1-10-7-11-5-6-15-17(2,3)16(21)14(20)9-18(15,4)12(11)8-13(10)19/h5,7,12-16,19-21H,6,8-9H2,1-4H3/t12-,13+,14-,15-,16-,18+/m1/s1. The van der Waals surface area contributed by atoms with Crippen LogP contribution in [0.1, 0.15) is 47.0 Å². The summed E-state index contributed by atoms with van der Waals surface area (Å²) in [5.74, 6) is 0.604. The topological polar surface area (TPSA) is 60.7 Å². The molecule has 3 aliphatic carbocycles. The van der Waals surface area contributed by atoms with E-state index in [1.807, 2.05) is 6.92 Å². The Kier molecular flexibility index (Phi) is 3.40. The normalized spacial score (nSPS) is 48.8. The highest BCUT2D eigenvalue weighted by Crippen LogP contribution is 2.61. The number of fused-ring (bicyclic) bond motifs is 3. The molecule has 3 rings (SSSR count). The molecule has 3 aliphatic rings. The quantitative estimate of drug-likeness (QED) is 0.642. The molecule has 1 fully saturated rings. The van der Waals surface area contributed by atoms with E-state index in [0.717, 1.165) is 18.4 Å². The van der Waals surface area contributed by atoms with Crippen LogP contribution in [0, 0.1) is 22.7 Å². The fraction of sp³-hybridized carbons (Fsp3) is 0.778. The first-order chi connectivity index (χ1) is 9.68. The van der Waals surface area contributed by atoms with Crippen molar-refractivity contribution in [3.8, 4) is 0 Å². The van der Waals surface area contributed by atoms with Crippen LogP contribution in [0.15, 0.2) is 23.3 Å². The van der Waals surface area contributed by atoms with Gasteiger partial charge >= 0.3 is 0 Å². The van der Waals surface area contributed by atoms with Crippen molar-refractivity contribution in [1.29, 1.82) is 0 Å². The van der Waals surface area contributed by atoms with Gasteiger partial charge in [0.05, 0.1) is 18.3 Å². The van der Waals surface area contributed by atoms with Crippen LogP contribution in [0.3, 0.4) is 0 Å². The van der Waals surface area contributed by atoms with Gasteiger partial charge in [0.15, 0.2) is 0 Å². The highest BCUT2D eigenvalue weighted by Gasteiger charge is 2.58. The van der Waals surface area contributed by atoms with Crippen LogP contribution in [0.2, 0.25) is 0 Å². The lowest BCUT2D eigenvalue weighted by atomic mass is 9.46. The highest BCUT2D eigenvalue weighted by molar-refractivity contribution is 5.36. The summed E-state index contributed by atoms with van der Waals surface area (Å²) in [4.78, 5) is 0. The lowest BCUT2D eigenvalue weighted by Crippen LogP contribution is -2.60. The zero-order chi connectivity index (χ0) is 15.6. The molecule has 21 heavy (non-hydrogen) atoms. The molecule has 0 radical (unpaired) electrons. The van der Waals surface area contributed by atoms with Crippen LogP contribution < -0.4 is 0 Å². The average Bonchev–Trinajstić information content (AvgIpc) is 2.38. The predicted molar refractivity (Wildman–Crippen MR) is 82.6 cm³/mol. The third-order valence-corrected chi connectivity index (χ3v) is 6.64. The van der Waals surface area contributed by atoms with E-state index in [2.05, 4.69) is 32.9 Å². The molecule has 0 aromatic heterocycles. The maximum absolute atomic E-state index is 10.4. The van der Waals surface area contributed by atoms with Gasteiger partial charge in [-0.3, -0.25) is 0 Å². The summed E-state index contributed by atoms with van der Waals surface area (Å²) in [6, 6.07) is 0. The van der Waals surface area contributed by atoms with Gasteiger partial charge in [-0.05, 0) is 60.0 Å². The molecule has 0 spiro atoms. The van der Waals surface area contributed by atoms with E-state index < -0.39 is 12.2 Å². The largest absolute Gasteiger partial charge is 0.390 e. The number of aliphatic hydroxyl groups excluding tert-OH is 3. The van der Waals surface area contributed by atoms with Gasteiger partial charge in [0.2, 0.25) is 0 Å². The molecule has 3 N–H and O–H groups in total. The van der Waals surface area contributed by atoms with Gasteiger partial charge in [-0.1, -0.05) is 32.9 Å². The minimum atomic E-state index is -0.676. The van der Waals surface area contributed by atoms with Crippen LogP contribution >= 0.6 is 0 Å². The molecule has 0 unspecified atom stereocenters. The second kappa shape index (κ2) is 4.68. The lowest BCUT2D eigenvalue weighted by Gasteiger charge is -2.60. The molecule has 3 nitrogen and oxygen atoms in total. The van der Waals surface area contributed by atoms with Crippen LogP contribution in [0.5, 0.6) is 0 Å². The zero-order valence-electron chi connectivity index (χ0n) is 13.5. The number of hydrogen-bond acceptors (Lipinski definition) is 3. The van der Waals surface area contributed by atoms with Gasteiger partial charge in [0.25, 0.3) is 0 Å². The Morgan fingerprint density at radius 1 is 1.14 bits per heavy atom. The monoisotopic (exact) mass is 292 g/mol. The fourth-order valence-electron chi connectivity index (χ4n) is 5.32. The SMILES string of the molecule is CC1=CC2=CC[C@@H]3C(C)(C)[C@H](O)[C@H](O)C[C@@]3(C)[C@@H]2C[C@@H]1O. The summed E-state index contributed by atoms with van der Waals surface area (Å²) in [5.41, 5.74) is 1.98. The molecular weight excluding hydrogens is 264 g/mol. The number of hydrogen-bond donors (Lipinski definition) is 3. The van der Waals surface area contributed by atoms with Gasteiger partial charge in [0, 0.05) is 0 Å². The van der Waals surface area contributed by atoms with Crippen molar-refractivity contribution in [2.24, 2.45) is 22.7 Å². The van der Waals surface area contributed by atoms with E-state index >= 15 is 0 Å². The minimum absolute atomic E-state index is 0.0651. The summed E-state index contributed by atoms with van der Waals surface area (Å²) in [7, 11) is 0. The third-order valence-electron chi connectivity index (χ3n) is 6.64. The van der Waals surface area contributed by atoms with Crippen molar-refractivity contribution >= 4 is 0 Å². The molecule has 0 amide bonds. The summed E-state index contributed by atoms with van der Waals surface area (Å²) in [6.45, 7) is 8.37. The first-order valence-electron chi connectivity index (χ1n) is 8.10. The zero-order valence-corrected chi connectivity index (χ0v) is 13.5. The molecule has 0 aromatic carbocycles. The summed E-state index contributed by atoms with van der Waals surface area (Å²) in [6.07, 6.45) is 4.99. The first-order valence-corrected chi connectivity index (χ1v) is 8.10. The molecular formula is C18H28O3. The van der Waals surface area contributed by atoms with Crippen LogP contribution in [-0.2, 0) is 0 Å². The molecule has 6 atom stereocenters. The summed E-state index contributed by atoms with van der Waals surface area (Å²) in [5, 5.41) is 31.1. The van der Waals surface area contributed by atoms with E-state index in [4.69, 9.17) is 0 Å². The molecule has 3 heteroatoms. The average molecular weight is 292 g/mol. The van der Waals surface area contributed by atoms with E-state index in [1.165, 1.54) is 5.57 Å². The van der Waals surface area contributed by atoms with Gasteiger partial charge in [-0.25, -0.2) is 0 Å². The van der Waals surface area contributed by atoms with Crippen molar-refractivity contribution in [2.75, 3.05) is 0 Å². The van der Waals surface area contributed by atoms with Crippen molar-refractivity contribution in [2.45, 2.75) is 65.3 Å². The maximum Gasteiger partial charge on any atom is 0.0853 e. The Labute approximate surface area is 127 Å². The molecule has 0 aromatic rings. The van der Waals surface area contributed by atoms with Crippen molar-refractivity contribution in [3.05, 3.63) is 23.3 Å². The number of allylic oxidation sites excluding steroid dienone is 3. The van der Waals surface area contributed by atoms with Gasteiger partial charge in [-0.2, -0.15) is 0 Å². The number of aliphatic hydroxyl groups is 3. The third kappa shape index (κ3) is 2.05. The fourth-order valence-corrected chi connectivity index (χ4v) is 5.32. The summed E-state index contributed by atoms with van der Waals surface area (Å²) >= 11 is 0. The van der Waals surface area contributed by atoms with E-state index in [-0.39, 0.29) is 22.9 Å². The second-order valence-corrected chi connectivity index (χ2v) is 8.23. The molecule has 0 heterocycles. The summed E-state index contributed by atoms with van der Waals surface area (Å²) < 4.78 is 0. The predicted octanol–water partition coefficient (Wildman–Crippen LogP) is 2.42. The Morgan fingerprint density at radius 3 is 2.48 bits per heavy atom. The van der Waals surface area contributed by atoms with Crippen molar-refractivity contribution < 1.29 is 15.3 Å². The number of rotatable bonds is 0. The minimum Gasteiger partial charge on any atom is -0.390 e. The van der Waals surface area contributed by atoms with Crippen LogP contribution in [0.25, 0.3) is 0 Å². The highest BCUT2D eigenvalue weighted by atomic mass is 16.3. The molecule has 0 aliphatic heterocycles. The maximum atomic E-state index is 10.4. The molecule has 0 bridgehead atoms. The second-order valence-electron chi connectivity index (χ2n) is 8.23. The van der Waals surface area contributed by atoms with E-state index in [1.54, 1.807) is 0 Å². The Morgan fingerprint density at radius 2 is 1.81 bits per heavy atom. The molecule has 0 saturated heterocycles. The first kappa shape index (κ1) is 15.3. The van der Waals surface area contributed by atoms with Crippen LogP contribution in [-0.4, -0.2) is 33.6 Å². The molecule has 118 valence electrons. The van der Waals surface area contributed by atoms with Gasteiger partial charge in [-0.15, -0.1) is 0 Å². The Hall–Kier alpha value is -0.640. The smallest absolute Gasteiger partial charge is 0.0853 e.